The van der Waals surface area contributed by atoms with Crippen LogP contribution in [-0.4, -0.2) is 23.4 Å². The van der Waals surface area contributed by atoms with Gasteiger partial charge in [-0.1, -0.05) is 0 Å². The van der Waals surface area contributed by atoms with Gasteiger partial charge in [-0.15, -0.1) is 0 Å². The van der Waals surface area contributed by atoms with Crippen LogP contribution in [0.3, 0.4) is 0 Å². The molecule has 0 aliphatic heterocycles. The Morgan fingerprint density at radius 1 is 1.71 bits per heavy atom. The molecule has 1 aromatic heterocycles. The van der Waals surface area contributed by atoms with Crippen LogP contribution in [0.1, 0.15) is 21.9 Å². The van der Waals surface area contributed by atoms with Gasteiger partial charge < -0.3 is 15.3 Å². The smallest absolute Gasteiger partial charge is 0.372 e. The van der Waals surface area contributed by atoms with E-state index < -0.39 is 5.97 Å². The number of nitrogens with two attached hydrogens (primary N) is 1. The molecule has 0 aliphatic rings. The van der Waals surface area contributed by atoms with Crippen LogP contribution < -0.4 is 5.73 Å². The van der Waals surface area contributed by atoms with Gasteiger partial charge >= 0.3 is 5.97 Å². The maximum atomic E-state index is 10.6. The van der Waals surface area contributed by atoms with Crippen molar-refractivity contribution in [1.82, 2.24) is 0 Å². The second kappa shape index (κ2) is 5.07. The second-order valence-electron chi connectivity index (χ2n) is 2.87. The van der Waals surface area contributed by atoms with Crippen molar-refractivity contribution in [3.05, 3.63) is 23.2 Å². The van der Waals surface area contributed by atoms with Crippen LogP contribution in [0.15, 0.2) is 10.5 Å². The summed E-state index contributed by atoms with van der Waals surface area (Å²) in [5.74, 6) is 1.23. The zero-order chi connectivity index (χ0) is 10.6. The average molecular weight is 215 g/mol. The van der Waals surface area contributed by atoms with Gasteiger partial charge in [0.25, 0.3) is 0 Å². The molecule has 0 fully saturated rings. The van der Waals surface area contributed by atoms with Crippen molar-refractivity contribution < 1.29 is 14.3 Å². The van der Waals surface area contributed by atoms with Gasteiger partial charge in [0.2, 0.25) is 5.76 Å². The van der Waals surface area contributed by atoms with Crippen molar-refractivity contribution in [2.45, 2.75) is 12.7 Å². The first-order chi connectivity index (χ1) is 6.65. The van der Waals surface area contributed by atoms with Gasteiger partial charge in [-0.3, -0.25) is 0 Å². The van der Waals surface area contributed by atoms with E-state index in [2.05, 4.69) is 0 Å². The van der Waals surface area contributed by atoms with Gasteiger partial charge in [-0.05, 0) is 13.0 Å². The third-order valence-corrected chi connectivity index (χ3v) is 2.68. The molecular weight excluding hydrogens is 202 g/mol. The van der Waals surface area contributed by atoms with Crippen LogP contribution in [0.4, 0.5) is 0 Å². The maximum absolute atomic E-state index is 10.6. The summed E-state index contributed by atoms with van der Waals surface area (Å²) in [6.07, 6.45) is 0. The molecule has 14 heavy (non-hydrogen) atoms. The molecule has 1 aromatic rings. The van der Waals surface area contributed by atoms with Gasteiger partial charge in [0.15, 0.2) is 0 Å². The Kier molecular flexibility index (Phi) is 4.03. The molecular formula is C9H13NO3S. The average Bonchev–Trinajstić information content (AvgIpc) is 2.47. The number of rotatable bonds is 5. The molecule has 0 radical (unpaired) electrons. The van der Waals surface area contributed by atoms with Gasteiger partial charge in [0.1, 0.15) is 5.76 Å². The van der Waals surface area contributed by atoms with E-state index in [1.54, 1.807) is 24.8 Å². The van der Waals surface area contributed by atoms with E-state index in [1.165, 1.54) is 0 Å². The molecule has 0 aromatic carbocycles. The highest BCUT2D eigenvalue weighted by atomic mass is 32.2. The Bertz CT molecular complexity index is 322. The molecule has 0 atom stereocenters. The lowest BCUT2D eigenvalue weighted by Crippen LogP contribution is -2.01. The van der Waals surface area contributed by atoms with Crippen molar-refractivity contribution in [3.63, 3.8) is 0 Å². The first-order valence-electron chi connectivity index (χ1n) is 4.25. The lowest BCUT2D eigenvalue weighted by Gasteiger charge is -1.94. The minimum atomic E-state index is -1.02. The van der Waals surface area contributed by atoms with E-state index >= 15 is 0 Å². The normalized spacial score (nSPS) is 10.4. The molecule has 0 saturated heterocycles. The second-order valence-corrected chi connectivity index (χ2v) is 3.98. The van der Waals surface area contributed by atoms with Crippen LogP contribution in [0.2, 0.25) is 0 Å². The molecule has 0 amide bonds. The Labute approximate surface area is 86.5 Å². The largest absolute Gasteiger partial charge is 0.475 e. The minimum absolute atomic E-state index is 0.0355. The Balaban J connectivity index is 2.62. The number of hydrogen-bond donors (Lipinski definition) is 2. The molecule has 3 N–H and O–H groups in total. The third kappa shape index (κ3) is 2.78. The Morgan fingerprint density at radius 3 is 2.93 bits per heavy atom. The van der Waals surface area contributed by atoms with E-state index in [9.17, 15) is 4.79 Å². The van der Waals surface area contributed by atoms with E-state index in [0.29, 0.717) is 23.6 Å². The van der Waals surface area contributed by atoms with Crippen molar-refractivity contribution in [3.8, 4) is 0 Å². The van der Waals surface area contributed by atoms with Crippen LogP contribution in [0.5, 0.6) is 0 Å². The molecule has 4 nitrogen and oxygen atoms in total. The topological polar surface area (TPSA) is 76.5 Å². The predicted octanol–water partition coefficient (Wildman–Crippen LogP) is 1.48. The van der Waals surface area contributed by atoms with E-state index in [1.807, 2.05) is 0 Å². The molecule has 0 bridgehead atoms. The molecule has 0 spiro atoms. The summed E-state index contributed by atoms with van der Waals surface area (Å²) in [5, 5.41) is 8.73. The van der Waals surface area contributed by atoms with Crippen molar-refractivity contribution in [2.75, 3.05) is 12.3 Å². The van der Waals surface area contributed by atoms with Gasteiger partial charge in [-0.25, -0.2) is 4.79 Å². The minimum Gasteiger partial charge on any atom is -0.475 e. The molecule has 1 rings (SSSR count). The number of furan rings is 1. The molecule has 5 heteroatoms. The van der Waals surface area contributed by atoms with Gasteiger partial charge in [0, 0.05) is 17.9 Å². The summed E-state index contributed by atoms with van der Waals surface area (Å²) in [5.41, 5.74) is 6.00. The molecule has 0 unspecified atom stereocenters. The van der Waals surface area contributed by atoms with Crippen LogP contribution >= 0.6 is 11.8 Å². The lowest BCUT2D eigenvalue weighted by atomic mass is 10.3. The summed E-state index contributed by atoms with van der Waals surface area (Å²) in [6.45, 7) is 2.35. The zero-order valence-electron chi connectivity index (χ0n) is 7.95. The number of carbonyl (C=O) groups is 1. The number of aryl methyl sites for hydroxylation is 1. The maximum Gasteiger partial charge on any atom is 0.372 e. The number of carboxylic acid groups (broad SMARTS) is 1. The van der Waals surface area contributed by atoms with Crippen LogP contribution in [-0.2, 0) is 5.75 Å². The van der Waals surface area contributed by atoms with E-state index in [4.69, 9.17) is 15.3 Å². The number of aromatic carboxylic acids is 1. The van der Waals surface area contributed by atoms with E-state index in [-0.39, 0.29) is 5.76 Å². The van der Waals surface area contributed by atoms with Crippen molar-refractivity contribution in [2.24, 2.45) is 5.73 Å². The highest BCUT2D eigenvalue weighted by molar-refractivity contribution is 7.98. The van der Waals surface area contributed by atoms with Gasteiger partial charge in [0.05, 0.1) is 5.75 Å². The van der Waals surface area contributed by atoms with Crippen LogP contribution in [0.25, 0.3) is 0 Å². The third-order valence-electron chi connectivity index (χ3n) is 1.67. The molecule has 78 valence electrons. The molecule has 0 saturated carbocycles. The predicted molar refractivity (Wildman–Crippen MR) is 55.6 cm³/mol. The zero-order valence-corrected chi connectivity index (χ0v) is 8.76. The molecule has 1 heterocycles. The fourth-order valence-corrected chi connectivity index (χ4v) is 1.74. The number of carboxylic acids is 1. The fourth-order valence-electron chi connectivity index (χ4n) is 1.09. The summed E-state index contributed by atoms with van der Waals surface area (Å²) in [4.78, 5) is 10.6. The number of thioether (sulfide) groups is 1. The van der Waals surface area contributed by atoms with E-state index in [0.717, 1.165) is 5.75 Å². The summed E-state index contributed by atoms with van der Waals surface area (Å²) in [7, 11) is 0. The Hall–Kier alpha value is -0.940. The van der Waals surface area contributed by atoms with Crippen molar-refractivity contribution in [1.29, 1.82) is 0 Å². The van der Waals surface area contributed by atoms with Gasteiger partial charge in [-0.2, -0.15) is 11.8 Å². The highest BCUT2D eigenvalue weighted by Gasteiger charge is 2.13. The first kappa shape index (κ1) is 11.1. The van der Waals surface area contributed by atoms with Crippen LogP contribution in [0, 0.1) is 6.92 Å². The fraction of sp³-hybridized carbons (Fsp3) is 0.444. The summed E-state index contributed by atoms with van der Waals surface area (Å²) < 4.78 is 5.16. The lowest BCUT2D eigenvalue weighted by molar-refractivity contribution is 0.0659. The van der Waals surface area contributed by atoms with Crippen molar-refractivity contribution >= 4 is 17.7 Å². The summed E-state index contributed by atoms with van der Waals surface area (Å²) in [6, 6.07) is 1.76. The SMILES string of the molecule is Cc1cc(CSCCN)oc1C(=O)O. The Morgan fingerprint density at radius 2 is 2.43 bits per heavy atom. The monoisotopic (exact) mass is 215 g/mol. The quantitative estimate of drug-likeness (QED) is 0.727. The summed E-state index contributed by atoms with van der Waals surface area (Å²) >= 11 is 1.63. The first-order valence-corrected chi connectivity index (χ1v) is 5.41. The standard InChI is InChI=1S/C9H13NO3S/c1-6-4-7(5-14-3-2-10)13-8(6)9(11)12/h4H,2-3,5,10H2,1H3,(H,11,12). The highest BCUT2D eigenvalue weighted by Crippen LogP contribution is 2.19. The molecule has 0 aliphatic carbocycles. The number of hydrogen-bond acceptors (Lipinski definition) is 4.